The number of ether oxygens (including phenoxy) is 2. The summed E-state index contributed by atoms with van der Waals surface area (Å²) in [5, 5.41) is 12.6. The molecule has 0 fully saturated rings. The van der Waals surface area contributed by atoms with Gasteiger partial charge < -0.3 is 14.0 Å². The van der Waals surface area contributed by atoms with Gasteiger partial charge in [-0.05, 0) is 54.1 Å². The molecule has 140 valence electrons. The third-order valence-corrected chi connectivity index (χ3v) is 3.87. The van der Waals surface area contributed by atoms with E-state index in [1.54, 1.807) is 30.3 Å². The average Bonchev–Trinajstić information content (AvgIpc) is 3.27. The fourth-order valence-corrected chi connectivity index (χ4v) is 2.54. The fraction of sp³-hybridized carbons (Fsp3) is 0.0952. The van der Waals surface area contributed by atoms with Crippen LogP contribution in [0, 0.1) is 11.3 Å². The smallest absolute Gasteiger partial charge is 0.271 e. The zero-order chi connectivity index (χ0) is 19.8. The van der Waals surface area contributed by atoms with Crippen LogP contribution < -0.4 is 14.9 Å². The minimum absolute atomic E-state index is 0.0675. The first-order valence-corrected chi connectivity index (χ1v) is 8.46. The van der Waals surface area contributed by atoms with E-state index in [1.165, 1.54) is 13.3 Å². The molecule has 1 aromatic heterocycles. The van der Waals surface area contributed by atoms with Gasteiger partial charge in [0.25, 0.3) is 5.91 Å². The maximum atomic E-state index is 12.3. The average molecular weight is 374 g/mol. The number of aromatic nitrogens is 1. The largest absolute Gasteiger partial charge is 0.493 e. The van der Waals surface area contributed by atoms with Crippen LogP contribution in [0.1, 0.15) is 15.9 Å². The number of nitrogens with one attached hydrogen (secondary N) is 1. The molecule has 0 radical (unpaired) electrons. The summed E-state index contributed by atoms with van der Waals surface area (Å²) in [4.78, 5) is 12.3. The number of carbonyl (C=O) groups excluding carboxylic acids is 1. The Hall–Kier alpha value is -4.05. The van der Waals surface area contributed by atoms with Crippen molar-refractivity contribution < 1.29 is 14.3 Å². The van der Waals surface area contributed by atoms with Crippen LogP contribution in [0.3, 0.4) is 0 Å². The van der Waals surface area contributed by atoms with Crippen molar-refractivity contribution in [1.29, 1.82) is 5.26 Å². The van der Waals surface area contributed by atoms with E-state index in [9.17, 15) is 4.79 Å². The number of benzene rings is 2. The monoisotopic (exact) mass is 374 g/mol. The van der Waals surface area contributed by atoms with Crippen LogP contribution in [0.15, 0.2) is 72.1 Å². The number of methoxy groups -OCH3 is 1. The van der Waals surface area contributed by atoms with Crippen molar-refractivity contribution in [3.63, 3.8) is 0 Å². The number of hydrogen-bond donors (Lipinski definition) is 1. The number of hydrogen-bond acceptors (Lipinski definition) is 5. The summed E-state index contributed by atoms with van der Waals surface area (Å²) in [7, 11) is 1.51. The van der Waals surface area contributed by atoms with Crippen LogP contribution in [-0.2, 0) is 0 Å². The van der Waals surface area contributed by atoms with Gasteiger partial charge in [-0.15, -0.1) is 0 Å². The molecular formula is C21H18N4O3. The number of amides is 1. The minimum atomic E-state index is -0.314. The second-order valence-electron chi connectivity index (χ2n) is 5.70. The lowest BCUT2D eigenvalue weighted by Crippen LogP contribution is -2.17. The van der Waals surface area contributed by atoms with Crippen molar-refractivity contribution in [2.75, 3.05) is 13.7 Å². The summed E-state index contributed by atoms with van der Waals surface area (Å²) in [6, 6.07) is 18.1. The van der Waals surface area contributed by atoms with E-state index >= 15 is 0 Å². The predicted molar refractivity (Wildman–Crippen MR) is 105 cm³/mol. The molecule has 7 nitrogen and oxygen atoms in total. The Kier molecular flexibility index (Phi) is 6.06. The molecule has 0 aliphatic carbocycles. The highest BCUT2D eigenvalue weighted by atomic mass is 16.5. The van der Waals surface area contributed by atoms with E-state index in [0.29, 0.717) is 22.6 Å². The first-order chi connectivity index (χ1) is 13.7. The maximum Gasteiger partial charge on any atom is 0.271 e. The van der Waals surface area contributed by atoms with Gasteiger partial charge in [0, 0.05) is 23.6 Å². The summed E-state index contributed by atoms with van der Waals surface area (Å²) in [5.74, 6) is 0.628. The van der Waals surface area contributed by atoms with Crippen LogP contribution in [0.2, 0.25) is 0 Å². The molecule has 0 saturated heterocycles. The zero-order valence-corrected chi connectivity index (χ0v) is 15.2. The molecule has 7 heteroatoms. The highest BCUT2D eigenvalue weighted by Crippen LogP contribution is 2.27. The normalized spacial score (nSPS) is 10.4. The van der Waals surface area contributed by atoms with Crippen molar-refractivity contribution in [2.24, 2.45) is 5.10 Å². The molecule has 0 saturated carbocycles. The number of nitriles is 1. The van der Waals surface area contributed by atoms with Crippen LogP contribution in [0.5, 0.6) is 11.5 Å². The molecular weight excluding hydrogens is 356 g/mol. The molecule has 0 aliphatic heterocycles. The summed E-state index contributed by atoms with van der Waals surface area (Å²) >= 11 is 0. The number of hydrazone groups is 1. The van der Waals surface area contributed by atoms with Crippen LogP contribution in [0.4, 0.5) is 0 Å². The van der Waals surface area contributed by atoms with Crippen molar-refractivity contribution in [3.8, 4) is 23.3 Å². The van der Waals surface area contributed by atoms with Crippen LogP contribution in [-0.4, -0.2) is 30.4 Å². The first kappa shape index (κ1) is 18.7. The van der Waals surface area contributed by atoms with Gasteiger partial charge in [0.2, 0.25) is 0 Å². The molecule has 3 rings (SSSR count). The summed E-state index contributed by atoms with van der Waals surface area (Å²) in [6.07, 6.45) is 5.32. The molecule has 0 aliphatic rings. The van der Waals surface area contributed by atoms with Crippen molar-refractivity contribution in [3.05, 3.63) is 78.1 Å². The Balaban J connectivity index is 1.67. The maximum absolute atomic E-state index is 12.3. The van der Waals surface area contributed by atoms with E-state index in [1.807, 2.05) is 47.3 Å². The van der Waals surface area contributed by atoms with Gasteiger partial charge in [-0.3, -0.25) is 4.79 Å². The second-order valence-corrected chi connectivity index (χ2v) is 5.70. The highest BCUT2D eigenvalue weighted by Gasteiger charge is 2.07. The summed E-state index contributed by atoms with van der Waals surface area (Å²) in [6.45, 7) is -0.0675. The van der Waals surface area contributed by atoms with E-state index in [4.69, 9.17) is 14.7 Å². The molecule has 0 spiro atoms. The Morgan fingerprint density at radius 1 is 1.18 bits per heavy atom. The predicted octanol–water partition coefficient (Wildman–Crippen LogP) is 3.15. The zero-order valence-electron chi connectivity index (χ0n) is 15.2. The second kappa shape index (κ2) is 9.05. The summed E-state index contributed by atoms with van der Waals surface area (Å²) in [5.41, 5.74) is 4.61. The van der Waals surface area contributed by atoms with Gasteiger partial charge in [-0.2, -0.15) is 10.4 Å². The van der Waals surface area contributed by atoms with Crippen LogP contribution in [0.25, 0.3) is 5.69 Å². The molecule has 1 amide bonds. The molecule has 1 N–H and O–H groups in total. The lowest BCUT2D eigenvalue weighted by Gasteiger charge is -2.08. The fourth-order valence-electron chi connectivity index (χ4n) is 2.54. The van der Waals surface area contributed by atoms with Gasteiger partial charge in [0.15, 0.2) is 18.1 Å². The minimum Gasteiger partial charge on any atom is -0.493 e. The standard InChI is InChI=1S/C21H18N4O3/c1-27-20-13-16(7-8-19(20)28-12-9-22)15-23-24-21(26)17-5-4-6-18(14-17)25-10-2-3-11-25/h2-8,10-11,13-15H,12H2,1H3,(H,24,26)/b23-15+. The number of rotatable bonds is 7. The van der Waals surface area contributed by atoms with Crippen LogP contribution >= 0.6 is 0 Å². The number of carbonyl (C=O) groups is 1. The van der Waals surface area contributed by atoms with Crippen molar-refractivity contribution >= 4 is 12.1 Å². The molecule has 0 unspecified atom stereocenters. The topological polar surface area (TPSA) is 88.6 Å². The third kappa shape index (κ3) is 4.56. The SMILES string of the molecule is COc1cc(/C=N/NC(=O)c2cccc(-n3cccc3)c2)ccc1OCC#N. The molecule has 1 heterocycles. The molecule has 0 bridgehead atoms. The number of nitrogens with zero attached hydrogens (tertiary/aromatic N) is 3. The Labute approximate surface area is 162 Å². The van der Waals surface area contributed by atoms with E-state index < -0.39 is 0 Å². The highest BCUT2D eigenvalue weighted by molar-refractivity contribution is 5.95. The van der Waals surface area contributed by atoms with Gasteiger partial charge in [0.1, 0.15) is 6.07 Å². The Morgan fingerprint density at radius 3 is 2.75 bits per heavy atom. The van der Waals surface area contributed by atoms with E-state index in [0.717, 1.165) is 5.69 Å². The summed E-state index contributed by atoms with van der Waals surface area (Å²) < 4.78 is 12.4. The van der Waals surface area contributed by atoms with Crippen molar-refractivity contribution in [1.82, 2.24) is 9.99 Å². The lowest BCUT2D eigenvalue weighted by molar-refractivity contribution is 0.0955. The Bertz CT molecular complexity index is 1020. The van der Waals surface area contributed by atoms with Gasteiger partial charge in [-0.25, -0.2) is 5.43 Å². The molecule has 2 aromatic carbocycles. The molecule has 0 atom stereocenters. The van der Waals surface area contributed by atoms with E-state index in [-0.39, 0.29) is 12.5 Å². The third-order valence-electron chi connectivity index (χ3n) is 3.87. The first-order valence-electron chi connectivity index (χ1n) is 8.46. The lowest BCUT2D eigenvalue weighted by atomic mass is 10.2. The molecule has 28 heavy (non-hydrogen) atoms. The molecule has 3 aromatic rings. The Morgan fingerprint density at radius 2 is 2.00 bits per heavy atom. The van der Waals surface area contributed by atoms with Gasteiger partial charge >= 0.3 is 0 Å². The van der Waals surface area contributed by atoms with Crippen molar-refractivity contribution in [2.45, 2.75) is 0 Å². The van der Waals surface area contributed by atoms with Gasteiger partial charge in [-0.1, -0.05) is 6.07 Å². The van der Waals surface area contributed by atoms with E-state index in [2.05, 4.69) is 10.5 Å². The quantitative estimate of drug-likeness (QED) is 0.508. The van der Waals surface area contributed by atoms with Gasteiger partial charge in [0.05, 0.1) is 13.3 Å².